The molecule has 4 N–H and O–H groups in total. The van der Waals surface area contributed by atoms with Crippen LogP contribution in [0.1, 0.15) is 48.0 Å². The summed E-state index contributed by atoms with van der Waals surface area (Å²) in [4.78, 5) is 34.9. The van der Waals surface area contributed by atoms with Gasteiger partial charge in [0.05, 0.1) is 17.7 Å². The lowest BCUT2D eigenvalue weighted by Crippen LogP contribution is -2.52. The van der Waals surface area contributed by atoms with Crippen molar-refractivity contribution in [3.63, 3.8) is 0 Å². The van der Waals surface area contributed by atoms with E-state index < -0.39 is 34.5 Å². The Kier molecular flexibility index (Phi) is 10.0. The minimum absolute atomic E-state index is 0.0226. The van der Waals surface area contributed by atoms with E-state index in [9.17, 15) is 23.1 Å². The van der Waals surface area contributed by atoms with Gasteiger partial charge in [-0.1, -0.05) is 25.2 Å². The second-order valence-corrected chi connectivity index (χ2v) is 13.0. The zero-order valence-corrected chi connectivity index (χ0v) is 24.7. The molecule has 1 aromatic heterocycles. The molecule has 0 saturated carbocycles. The van der Waals surface area contributed by atoms with Crippen molar-refractivity contribution in [2.24, 2.45) is 0 Å². The number of carbonyl (C=O) groups is 2. The Bertz CT molecular complexity index is 1270. The first-order valence-electron chi connectivity index (χ1n) is 13.5. The lowest BCUT2D eigenvalue weighted by atomic mass is 10.0. The molecule has 0 unspecified atom stereocenters. The summed E-state index contributed by atoms with van der Waals surface area (Å²) in [5, 5.41) is 16.4. The fraction of sp³-hybridized carbons (Fsp3) is 0.577. The van der Waals surface area contributed by atoms with Gasteiger partial charge in [0, 0.05) is 38.8 Å². The van der Waals surface area contributed by atoms with E-state index in [-0.39, 0.29) is 10.8 Å². The van der Waals surface area contributed by atoms with Gasteiger partial charge in [-0.25, -0.2) is 13.4 Å². The van der Waals surface area contributed by atoms with Crippen molar-refractivity contribution in [1.82, 2.24) is 25.2 Å². The molecule has 3 heterocycles. The Balaban J connectivity index is 1.40. The quantitative estimate of drug-likeness (QED) is 0.300. The maximum atomic E-state index is 13.2. The molecule has 0 radical (unpaired) electrons. The van der Waals surface area contributed by atoms with Gasteiger partial charge in [0.2, 0.25) is 10.0 Å². The van der Waals surface area contributed by atoms with E-state index in [1.807, 2.05) is 13.8 Å². The van der Waals surface area contributed by atoms with Crippen LogP contribution in [0.15, 0.2) is 29.2 Å². The van der Waals surface area contributed by atoms with E-state index >= 15 is 0 Å². The van der Waals surface area contributed by atoms with E-state index in [2.05, 4.69) is 25.2 Å². The van der Waals surface area contributed by atoms with Crippen LogP contribution in [0.5, 0.6) is 5.75 Å². The molecule has 12 nitrogen and oxygen atoms in total. The number of piperidine rings is 1. The largest absolute Gasteiger partial charge is 0.497 e. The van der Waals surface area contributed by atoms with Gasteiger partial charge in [-0.2, -0.15) is 4.72 Å². The first kappa shape index (κ1) is 30.2. The summed E-state index contributed by atoms with van der Waals surface area (Å²) in [5.41, 5.74) is 0.643. The van der Waals surface area contributed by atoms with Gasteiger partial charge in [-0.3, -0.25) is 14.5 Å². The number of methoxy groups -OCH3 is 1. The van der Waals surface area contributed by atoms with Gasteiger partial charge in [-0.15, -0.1) is 0 Å². The number of hydrogen-bond acceptors (Lipinski definition) is 10. The molecule has 2 saturated heterocycles. The maximum Gasteiger partial charge on any atom is 0.323 e. The number of anilines is 1. The number of aromatic nitrogens is 1. The highest BCUT2D eigenvalue weighted by atomic mass is 32.2. The highest BCUT2D eigenvalue weighted by molar-refractivity contribution is 7.89. The molecule has 2 aliphatic rings. The summed E-state index contributed by atoms with van der Waals surface area (Å²) in [6.07, 6.45) is 2.32. The number of carbonyl (C=O) groups excluding carboxylic acids is 1. The van der Waals surface area contributed by atoms with E-state index in [0.717, 1.165) is 57.2 Å². The fourth-order valence-electron chi connectivity index (χ4n) is 4.92. The van der Waals surface area contributed by atoms with Crippen molar-refractivity contribution in [3.05, 3.63) is 34.8 Å². The third kappa shape index (κ3) is 7.29. The normalized spacial score (nSPS) is 18.1. The van der Waals surface area contributed by atoms with Crippen molar-refractivity contribution in [2.45, 2.75) is 49.6 Å². The van der Waals surface area contributed by atoms with Crippen molar-refractivity contribution >= 4 is 38.4 Å². The molecule has 0 bridgehead atoms. The Morgan fingerprint density at radius 1 is 1.15 bits per heavy atom. The number of sulfonamides is 1. The number of piperazine rings is 1. The molecule has 2 aromatic rings. The summed E-state index contributed by atoms with van der Waals surface area (Å²) in [7, 11) is -2.69. The number of nitrogens with one attached hydrogen (secondary N) is 3. The smallest absolute Gasteiger partial charge is 0.323 e. The number of ether oxygens (including phenoxy) is 1. The van der Waals surface area contributed by atoms with Crippen LogP contribution in [0.25, 0.3) is 0 Å². The van der Waals surface area contributed by atoms with Gasteiger partial charge in [0.15, 0.2) is 5.13 Å². The number of thiazole rings is 1. The second-order valence-electron chi connectivity index (χ2n) is 10.3. The Morgan fingerprint density at radius 3 is 2.38 bits per heavy atom. The fourth-order valence-corrected chi connectivity index (χ4v) is 7.30. The summed E-state index contributed by atoms with van der Waals surface area (Å²) in [5.74, 6) is -1.44. The standard InChI is InChI=1S/C26H38N6O6S2/c1-17(2)22-23(39-26(29-22)32-14-12-31(13-15-32)18-8-10-27-11-9-18)24(33)28-16-21(25(34)35)30-40(36,37)20-6-4-19(38-3)5-7-20/h4-7,17-18,21,27,30H,8-16H2,1-3H3,(H,28,33)(H,34,35)/t21-/m0/s1. The third-order valence-electron chi connectivity index (χ3n) is 7.24. The Labute approximate surface area is 239 Å². The third-order valence-corrected chi connectivity index (χ3v) is 9.86. The number of amides is 1. The lowest BCUT2D eigenvalue weighted by Gasteiger charge is -2.40. The zero-order valence-electron chi connectivity index (χ0n) is 23.1. The highest BCUT2D eigenvalue weighted by Gasteiger charge is 2.30. The lowest BCUT2D eigenvalue weighted by molar-refractivity contribution is -0.138. The molecule has 1 amide bonds. The minimum atomic E-state index is -4.15. The SMILES string of the molecule is COc1ccc(S(=O)(=O)N[C@@H](CNC(=O)c2sc(N3CCN(C4CCNCC4)CC3)nc2C(C)C)C(=O)O)cc1. The van der Waals surface area contributed by atoms with Crippen molar-refractivity contribution < 1.29 is 27.9 Å². The average molecular weight is 595 g/mol. The topological polar surface area (TPSA) is 153 Å². The molecule has 40 heavy (non-hydrogen) atoms. The number of rotatable bonds is 11. The van der Waals surface area contributed by atoms with Gasteiger partial charge >= 0.3 is 5.97 Å². The number of aliphatic carboxylic acids is 1. The number of benzene rings is 1. The van der Waals surface area contributed by atoms with Crippen LogP contribution >= 0.6 is 11.3 Å². The van der Waals surface area contributed by atoms with Crippen LogP contribution in [0.2, 0.25) is 0 Å². The summed E-state index contributed by atoms with van der Waals surface area (Å²) in [6.45, 7) is 9.12. The molecular formula is C26H38N6O6S2. The van der Waals surface area contributed by atoms with Crippen LogP contribution in [-0.4, -0.2) is 100 Å². The average Bonchev–Trinajstić information content (AvgIpc) is 3.42. The van der Waals surface area contributed by atoms with E-state index in [0.29, 0.717) is 22.4 Å². The molecular weight excluding hydrogens is 556 g/mol. The molecule has 14 heteroatoms. The number of hydrogen-bond donors (Lipinski definition) is 4. The van der Waals surface area contributed by atoms with Crippen LogP contribution in [0.3, 0.4) is 0 Å². The predicted molar refractivity (Wildman–Crippen MR) is 153 cm³/mol. The van der Waals surface area contributed by atoms with Crippen molar-refractivity contribution in [2.75, 3.05) is 57.8 Å². The minimum Gasteiger partial charge on any atom is -0.497 e. The molecule has 2 aliphatic heterocycles. The highest BCUT2D eigenvalue weighted by Crippen LogP contribution is 2.32. The number of nitrogens with zero attached hydrogens (tertiary/aromatic N) is 3. The second kappa shape index (κ2) is 13.3. The predicted octanol–water partition coefficient (Wildman–Crippen LogP) is 1.31. The molecule has 2 fully saturated rings. The Hall–Kier alpha value is -2.78. The molecule has 0 spiro atoms. The van der Waals surface area contributed by atoms with E-state index in [1.54, 1.807) is 0 Å². The summed E-state index contributed by atoms with van der Waals surface area (Å²) < 4.78 is 32.7. The van der Waals surface area contributed by atoms with Gasteiger partial charge in [-0.05, 0) is 56.1 Å². The molecule has 1 atom stereocenters. The Morgan fingerprint density at radius 2 is 1.80 bits per heavy atom. The first-order chi connectivity index (χ1) is 19.1. The zero-order chi connectivity index (χ0) is 28.9. The van der Waals surface area contributed by atoms with Gasteiger partial charge in [0.25, 0.3) is 5.91 Å². The monoisotopic (exact) mass is 594 g/mol. The number of carboxylic acids is 1. The van der Waals surface area contributed by atoms with Crippen molar-refractivity contribution in [3.8, 4) is 5.75 Å². The summed E-state index contributed by atoms with van der Waals surface area (Å²) >= 11 is 1.29. The van der Waals surface area contributed by atoms with Gasteiger partial charge in [0.1, 0.15) is 16.7 Å². The number of carboxylic acid groups (broad SMARTS) is 1. The van der Waals surface area contributed by atoms with E-state index in [4.69, 9.17) is 9.72 Å². The van der Waals surface area contributed by atoms with Crippen LogP contribution in [0, 0.1) is 0 Å². The van der Waals surface area contributed by atoms with Crippen LogP contribution in [0.4, 0.5) is 5.13 Å². The molecule has 220 valence electrons. The summed E-state index contributed by atoms with van der Waals surface area (Å²) in [6, 6.07) is 4.62. The van der Waals surface area contributed by atoms with Crippen LogP contribution < -0.4 is 25.0 Å². The van der Waals surface area contributed by atoms with E-state index in [1.165, 1.54) is 42.7 Å². The van der Waals surface area contributed by atoms with Gasteiger partial charge < -0.3 is 25.4 Å². The molecule has 4 rings (SSSR count). The van der Waals surface area contributed by atoms with Crippen LogP contribution in [-0.2, 0) is 14.8 Å². The molecule has 1 aromatic carbocycles. The van der Waals surface area contributed by atoms with Crippen molar-refractivity contribution in [1.29, 1.82) is 0 Å². The molecule has 0 aliphatic carbocycles. The first-order valence-corrected chi connectivity index (χ1v) is 15.8. The maximum absolute atomic E-state index is 13.2.